The van der Waals surface area contributed by atoms with Crippen LogP contribution in [0.1, 0.15) is 20.3 Å². The van der Waals surface area contributed by atoms with Crippen LogP contribution in [-0.4, -0.2) is 36.3 Å². The Morgan fingerprint density at radius 1 is 1.47 bits per heavy atom. The van der Waals surface area contributed by atoms with Crippen molar-refractivity contribution >= 4 is 24.3 Å². The first-order valence-corrected chi connectivity index (χ1v) is 5.43. The molecule has 2 atom stereocenters. The van der Waals surface area contributed by atoms with Gasteiger partial charge in [0.05, 0.1) is 12.1 Å². The summed E-state index contributed by atoms with van der Waals surface area (Å²) in [7, 11) is 0. The second-order valence-electron chi connectivity index (χ2n) is 3.15. The smallest absolute Gasteiger partial charge is 0.237 e. The molecule has 0 heterocycles. The summed E-state index contributed by atoms with van der Waals surface area (Å²) in [6.45, 7) is 2.24. The highest BCUT2D eigenvalue weighted by Gasteiger charge is 2.20. The zero-order valence-corrected chi connectivity index (χ0v) is 9.81. The van der Waals surface area contributed by atoms with Crippen molar-refractivity contribution in [2.45, 2.75) is 32.4 Å². The maximum Gasteiger partial charge on any atom is 0.237 e. The van der Waals surface area contributed by atoms with Crippen LogP contribution in [0.4, 0.5) is 4.39 Å². The minimum Gasteiger partial charge on any atom is -0.345 e. The first-order chi connectivity index (χ1) is 7.06. The van der Waals surface area contributed by atoms with Crippen molar-refractivity contribution in [2.75, 3.05) is 12.6 Å². The summed E-state index contributed by atoms with van der Waals surface area (Å²) in [5.74, 6) is -0.554. The number of alkyl halides is 1. The lowest BCUT2D eigenvalue weighted by atomic mass is 10.1. The molecular formula is C9H17FN2O2S. The Labute approximate surface area is 94.4 Å². The number of Topliss-reactive ketones (excluding diaryl/α,β-unsaturated/α-hetero) is 1. The molecule has 0 saturated carbocycles. The molecule has 1 unspecified atom stereocenters. The molecule has 88 valence electrons. The third-order valence-corrected chi connectivity index (χ3v) is 2.22. The third-order valence-electron chi connectivity index (χ3n) is 2.04. The van der Waals surface area contributed by atoms with Gasteiger partial charge in [0.15, 0.2) is 5.78 Å². The summed E-state index contributed by atoms with van der Waals surface area (Å²) >= 11 is 3.94. The molecule has 0 aliphatic carbocycles. The molecule has 0 aromatic heterocycles. The van der Waals surface area contributed by atoms with Crippen LogP contribution in [0.2, 0.25) is 0 Å². The van der Waals surface area contributed by atoms with Crippen LogP contribution in [0.25, 0.3) is 0 Å². The number of rotatable bonds is 7. The molecule has 0 aliphatic rings. The average molecular weight is 236 g/mol. The number of carbonyl (C=O) groups excluding carboxylic acids is 2. The van der Waals surface area contributed by atoms with Gasteiger partial charge >= 0.3 is 0 Å². The molecule has 2 N–H and O–H groups in total. The summed E-state index contributed by atoms with van der Waals surface area (Å²) in [5.41, 5.74) is 0. The van der Waals surface area contributed by atoms with E-state index in [1.165, 1.54) is 6.92 Å². The molecule has 4 nitrogen and oxygen atoms in total. The van der Waals surface area contributed by atoms with Crippen LogP contribution in [0, 0.1) is 0 Å². The Morgan fingerprint density at radius 3 is 2.47 bits per heavy atom. The number of thiol groups is 1. The number of ketones is 1. The molecule has 6 heteroatoms. The number of halogens is 1. The first-order valence-electron chi connectivity index (χ1n) is 4.80. The maximum absolute atomic E-state index is 12.0. The van der Waals surface area contributed by atoms with Gasteiger partial charge in [0, 0.05) is 5.88 Å². The summed E-state index contributed by atoms with van der Waals surface area (Å²) in [6, 6.07) is -1.17. The molecule has 0 radical (unpaired) electrons. The normalized spacial score (nSPS) is 14.4. The lowest BCUT2D eigenvalue weighted by Gasteiger charge is -2.18. The van der Waals surface area contributed by atoms with Crippen LogP contribution in [0.3, 0.4) is 0 Å². The standard InChI is InChI=1S/C9H17FN2O2S/c1-3-7(11-5-15)9(14)12-6(2)8(13)4-10/h6-7,11,15H,3-5H2,1-2H3,(H,12,14)/t6-,7?/m0/s1. The molecule has 1 amide bonds. The zero-order chi connectivity index (χ0) is 11.8. The minimum atomic E-state index is -1.06. The number of hydrogen-bond acceptors (Lipinski definition) is 4. The van der Waals surface area contributed by atoms with Crippen LogP contribution >= 0.6 is 12.6 Å². The second-order valence-corrected chi connectivity index (χ2v) is 3.47. The van der Waals surface area contributed by atoms with Crippen molar-refractivity contribution in [3.8, 4) is 0 Å². The fourth-order valence-corrected chi connectivity index (χ4v) is 1.26. The molecule has 0 aromatic rings. The Morgan fingerprint density at radius 2 is 2.07 bits per heavy atom. The van der Waals surface area contributed by atoms with E-state index in [1.54, 1.807) is 0 Å². The van der Waals surface area contributed by atoms with E-state index in [4.69, 9.17) is 0 Å². The van der Waals surface area contributed by atoms with Crippen LogP contribution in [0.15, 0.2) is 0 Å². The fraction of sp³-hybridized carbons (Fsp3) is 0.778. The number of carbonyl (C=O) groups is 2. The van der Waals surface area contributed by atoms with Crippen molar-refractivity contribution in [1.82, 2.24) is 10.6 Å². The summed E-state index contributed by atoms with van der Waals surface area (Å²) in [4.78, 5) is 22.4. The molecule has 0 spiro atoms. The Balaban J connectivity index is 4.15. The molecule has 0 saturated heterocycles. The fourth-order valence-electron chi connectivity index (χ4n) is 1.04. The van der Waals surface area contributed by atoms with E-state index in [0.717, 1.165) is 0 Å². The molecule has 0 rings (SSSR count). The number of amides is 1. The van der Waals surface area contributed by atoms with Gasteiger partial charge < -0.3 is 5.32 Å². The third kappa shape index (κ3) is 5.13. The molecule has 0 fully saturated rings. The van der Waals surface area contributed by atoms with E-state index in [2.05, 4.69) is 23.3 Å². The van der Waals surface area contributed by atoms with Crippen LogP contribution in [-0.2, 0) is 9.59 Å². The molecule has 15 heavy (non-hydrogen) atoms. The highest BCUT2D eigenvalue weighted by molar-refractivity contribution is 7.80. The highest BCUT2D eigenvalue weighted by Crippen LogP contribution is 1.94. The number of nitrogens with one attached hydrogen (secondary N) is 2. The van der Waals surface area contributed by atoms with Gasteiger partial charge in [0.2, 0.25) is 5.91 Å². The Bertz CT molecular complexity index is 226. The van der Waals surface area contributed by atoms with E-state index in [0.29, 0.717) is 12.3 Å². The van der Waals surface area contributed by atoms with Crippen molar-refractivity contribution in [1.29, 1.82) is 0 Å². The largest absolute Gasteiger partial charge is 0.345 e. The summed E-state index contributed by atoms with van der Waals surface area (Å²) < 4.78 is 12.0. The molecule has 0 aliphatic heterocycles. The van der Waals surface area contributed by atoms with Gasteiger partial charge in [0.1, 0.15) is 6.67 Å². The van der Waals surface area contributed by atoms with Gasteiger partial charge in [-0.15, -0.1) is 0 Å². The van der Waals surface area contributed by atoms with E-state index in [-0.39, 0.29) is 5.91 Å². The molecular weight excluding hydrogens is 219 g/mol. The van der Waals surface area contributed by atoms with Gasteiger partial charge in [-0.3, -0.25) is 14.9 Å². The summed E-state index contributed by atoms with van der Waals surface area (Å²) in [6.07, 6.45) is 0.586. The molecule has 0 aromatic carbocycles. The van der Waals surface area contributed by atoms with Crippen LogP contribution < -0.4 is 10.6 Å². The van der Waals surface area contributed by atoms with Gasteiger partial charge in [0.25, 0.3) is 0 Å². The monoisotopic (exact) mass is 236 g/mol. The Hall–Kier alpha value is -0.620. The van der Waals surface area contributed by atoms with Gasteiger partial charge in [-0.05, 0) is 13.3 Å². The van der Waals surface area contributed by atoms with E-state index in [1.807, 2.05) is 6.92 Å². The topological polar surface area (TPSA) is 58.2 Å². The summed E-state index contributed by atoms with van der Waals surface area (Å²) in [5, 5.41) is 5.28. The molecule has 0 bridgehead atoms. The van der Waals surface area contributed by atoms with Crippen molar-refractivity contribution in [3.63, 3.8) is 0 Å². The van der Waals surface area contributed by atoms with Gasteiger partial charge in [-0.1, -0.05) is 6.92 Å². The van der Waals surface area contributed by atoms with Gasteiger partial charge in [-0.2, -0.15) is 12.6 Å². The quantitative estimate of drug-likeness (QED) is 0.440. The predicted octanol–water partition coefficient (Wildman–Crippen LogP) is 0.285. The van der Waals surface area contributed by atoms with E-state index in [9.17, 15) is 14.0 Å². The Kier molecular flexibility index (Phi) is 7.33. The van der Waals surface area contributed by atoms with Crippen molar-refractivity contribution < 1.29 is 14.0 Å². The first kappa shape index (κ1) is 14.4. The second kappa shape index (κ2) is 7.64. The number of hydrogen-bond donors (Lipinski definition) is 3. The van der Waals surface area contributed by atoms with Crippen LogP contribution in [0.5, 0.6) is 0 Å². The highest BCUT2D eigenvalue weighted by atomic mass is 32.1. The van der Waals surface area contributed by atoms with E-state index >= 15 is 0 Å². The predicted molar refractivity (Wildman–Crippen MR) is 59.7 cm³/mol. The van der Waals surface area contributed by atoms with E-state index < -0.39 is 24.5 Å². The van der Waals surface area contributed by atoms with Gasteiger partial charge in [-0.25, -0.2) is 4.39 Å². The maximum atomic E-state index is 12.0. The van der Waals surface area contributed by atoms with Crippen molar-refractivity contribution in [2.24, 2.45) is 0 Å². The lowest BCUT2D eigenvalue weighted by Crippen LogP contribution is -2.49. The zero-order valence-electron chi connectivity index (χ0n) is 8.92. The lowest BCUT2D eigenvalue weighted by molar-refractivity contribution is -0.129. The average Bonchev–Trinajstić information content (AvgIpc) is 2.24. The SMILES string of the molecule is CCC(NCS)C(=O)N[C@@H](C)C(=O)CF. The minimum absolute atomic E-state index is 0.305. The van der Waals surface area contributed by atoms with Crippen molar-refractivity contribution in [3.05, 3.63) is 0 Å².